The number of anilines is 1. The molecule has 0 aliphatic carbocycles. The number of aliphatic carboxylic acids is 1. The summed E-state index contributed by atoms with van der Waals surface area (Å²) in [6.45, 7) is 2.62. The minimum atomic E-state index is -1.32. The van der Waals surface area contributed by atoms with Gasteiger partial charge in [-0.05, 0) is 36.2 Å². The van der Waals surface area contributed by atoms with E-state index in [0.29, 0.717) is 12.1 Å². The molecule has 0 fully saturated rings. The van der Waals surface area contributed by atoms with Crippen LogP contribution in [0.3, 0.4) is 0 Å². The van der Waals surface area contributed by atoms with Crippen LogP contribution in [0.2, 0.25) is 0 Å². The van der Waals surface area contributed by atoms with Crippen LogP contribution >= 0.6 is 0 Å². The topological polar surface area (TPSA) is 61.4 Å². The molecule has 4 heteroatoms. The predicted molar refractivity (Wildman–Crippen MR) is 113 cm³/mol. The molecule has 4 nitrogen and oxygen atoms in total. The molecule has 0 amide bonds. The molecule has 28 heavy (non-hydrogen) atoms. The SMILES string of the molecule is CCCN[C@@](C(=O)O)(c1ccccc1)C(Nc1ccccc1)c1ccccc1. The molecule has 3 aromatic carbocycles. The van der Waals surface area contributed by atoms with Gasteiger partial charge < -0.3 is 10.4 Å². The third kappa shape index (κ3) is 4.07. The van der Waals surface area contributed by atoms with E-state index >= 15 is 0 Å². The third-order valence-electron chi connectivity index (χ3n) is 4.87. The predicted octanol–water partition coefficient (Wildman–Crippen LogP) is 4.82. The lowest BCUT2D eigenvalue weighted by atomic mass is 9.78. The number of hydrogen-bond acceptors (Lipinski definition) is 3. The molecule has 0 heterocycles. The van der Waals surface area contributed by atoms with Gasteiger partial charge in [-0.3, -0.25) is 5.32 Å². The Morgan fingerprint density at radius 2 is 1.43 bits per heavy atom. The molecule has 0 saturated carbocycles. The molecule has 0 saturated heterocycles. The van der Waals surface area contributed by atoms with Crippen molar-refractivity contribution in [2.75, 3.05) is 11.9 Å². The second-order valence-corrected chi connectivity index (χ2v) is 6.76. The molecule has 3 N–H and O–H groups in total. The van der Waals surface area contributed by atoms with Gasteiger partial charge >= 0.3 is 5.97 Å². The van der Waals surface area contributed by atoms with Gasteiger partial charge in [-0.2, -0.15) is 0 Å². The summed E-state index contributed by atoms with van der Waals surface area (Å²) in [5.74, 6) is -0.913. The molecule has 144 valence electrons. The Morgan fingerprint density at radius 3 is 1.96 bits per heavy atom. The monoisotopic (exact) mass is 374 g/mol. The summed E-state index contributed by atoms with van der Waals surface area (Å²) in [4.78, 5) is 12.8. The fourth-order valence-electron chi connectivity index (χ4n) is 3.50. The van der Waals surface area contributed by atoms with E-state index in [4.69, 9.17) is 0 Å². The van der Waals surface area contributed by atoms with E-state index in [1.165, 1.54) is 0 Å². The maximum absolute atomic E-state index is 12.8. The molecule has 0 radical (unpaired) electrons. The first-order valence-corrected chi connectivity index (χ1v) is 9.59. The van der Waals surface area contributed by atoms with Crippen molar-refractivity contribution >= 4 is 11.7 Å². The van der Waals surface area contributed by atoms with Crippen LogP contribution in [0.5, 0.6) is 0 Å². The first-order valence-electron chi connectivity index (χ1n) is 9.59. The Hall–Kier alpha value is -3.11. The highest BCUT2D eigenvalue weighted by Crippen LogP contribution is 2.38. The minimum Gasteiger partial charge on any atom is -0.480 e. The standard InChI is InChI=1S/C24H26N2O2/c1-2-18-25-24(23(27)28,20-14-8-4-9-15-20)22(19-12-6-3-7-13-19)26-21-16-10-5-11-17-21/h3-17,22,25-26H,2,18H2,1H3,(H,27,28)/t22?,24-/m0/s1. The Morgan fingerprint density at radius 1 is 0.893 bits per heavy atom. The number of rotatable bonds is 9. The molecule has 2 atom stereocenters. The number of para-hydroxylation sites is 1. The second kappa shape index (κ2) is 9.20. The van der Waals surface area contributed by atoms with Crippen LogP contribution in [0.25, 0.3) is 0 Å². The summed E-state index contributed by atoms with van der Waals surface area (Å²) >= 11 is 0. The lowest BCUT2D eigenvalue weighted by Gasteiger charge is -2.40. The molecule has 3 rings (SSSR count). The number of hydrogen-bond donors (Lipinski definition) is 3. The zero-order valence-electron chi connectivity index (χ0n) is 16.0. The van der Waals surface area contributed by atoms with Crippen LogP contribution < -0.4 is 10.6 Å². The molecule has 3 aromatic rings. The van der Waals surface area contributed by atoms with Crippen molar-refractivity contribution in [3.05, 3.63) is 102 Å². The summed E-state index contributed by atoms with van der Waals surface area (Å²) in [6, 6.07) is 28.4. The average molecular weight is 374 g/mol. The van der Waals surface area contributed by atoms with Crippen LogP contribution in [0.15, 0.2) is 91.0 Å². The third-order valence-corrected chi connectivity index (χ3v) is 4.87. The van der Waals surface area contributed by atoms with Gasteiger partial charge in [0.05, 0.1) is 6.04 Å². The fourth-order valence-corrected chi connectivity index (χ4v) is 3.50. The smallest absolute Gasteiger partial charge is 0.331 e. The molecule has 0 aliphatic heterocycles. The summed E-state index contributed by atoms with van der Waals surface area (Å²) in [5.41, 5.74) is 1.17. The van der Waals surface area contributed by atoms with E-state index in [9.17, 15) is 9.90 Å². The number of carboxylic acids is 1. The quantitative estimate of drug-likeness (QED) is 0.502. The van der Waals surface area contributed by atoms with Gasteiger partial charge in [0.25, 0.3) is 0 Å². The zero-order valence-corrected chi connectivity index (χ0v) is 16.0. The molecular weight excluding hydrogens is 348 g/mol. The first-order chi connectivity index (χ1) is 13.7. The second-order valence-electron chi connectivity index (χ2n) is 6.76. The van der Waals surface area contributed by atoms with Crippen molar-refractivity contribution in [1.29, 1.82) is 0 Å². The maximum Gasteiger partial charge on any atom is 0.331 e. The van der Waals surface area contributed by atoms with Gasteiger partial charge in [0.2, 0.25) is 0 Å². The summed E-state index contributed by atoms with van der Waals surface area (Å²) in [6.07, 6.45) is 0.828. The van der Waals surface area contributed by atoms with Crippen molar-refractivity contribution < 1.29 is 9.90 Å². The maximum atomic E-state index is 12.8. The number of carbonyl (C=O) groups is 1. The first kappa shape index (κ1) is 19.6. The van der Waals surface area contributed by atoms with E-state index in [0.717, 1.165) is 17.7 Å². The fraction of sp³-hybridized carbons (Fsp3) is 0.208. The molecule has 0 bridgehead atoms. The average Bonchev–Trinajstić information content (AvgIpc) is 2.75. The van der Waals surface area contributed by atoms with E-state index in [-0.39, 0.29) is 0 Å². The molecule has 0 aliphatic rings. The molecular formula is C24H26N2O2. The Bertz CT molecular complexity index is 869. The Kier molecular flexibility index (Phi) is 6.45. The van der Waals surface area contributed by atoms with E-state index in [1.807, 2.05) is 97.9 Å². The highest BCUT2D eigenvalue weighted by molar-refractivity contribution is 5.83. The van der Waals surface area contributed by atoms with Crippen LogP contribution in [-0.4, -0.2) is 17.6 Å². The highest BCUT2D eigenvalue weighted by atomic mass is 16.4. The van der Waals surface area contributed by atoms with E-state index in [1.54, 1.807) is 0 Å². The van der Waals surface area contributed by atoms with Gasteiger partial charge in [-0.1, -0.05) is 85.8 Å². The Balaban J connectivity index is 2.19. The van der Waals surface area contributed by atoms with Crippen LogP contribution in [0.1, 0.15) is 30.5 Å². The number of carboxylic acid groups (broad SMARTS) is 1. The van der Waals surface area contributed by atoms with Gasteiger partial charge in [-0.15, -0.1) is 0 Å². The highest BCUT2D eigenvalue weighted by Gasteiger charge is 2.48. The molecule has 0 aromatic heterocycles. The van der Waals surface area contributed by atoms with Gasteiger partial charge in [0.15, 0.2) is 5.54 Å². The minimum absolute atomic E-state index is 0.512. The van der Waals surface area contributed by atoms with Crippen LogP contribution in [-0.2, 0) is 10.3 Å². The van der Waals surface area contributed by atoms with Crippen LogP contribution in [0, 0.1) is 0 Å². The van der Waals surface area contributed by atoms with E-state index in [2.05, 4.69) is 10.6 Å². The van der Waals surface area contributed by atoms with Gasteiger partial charge in [0.1, 0.15) is 0 Å². The lowest BCUT2D eigenvalue weighted by Crippen LogP contribution is -2.56. The number of benzene rings is 3. The van der Waals surface area contributed by atoms with E-state index < -0.39 is 17.6 Å². The largest absolute Gasteiger partial charge is 0.480 e. The summed E-state index contributed by atoms with van der Waals surface area (Å²) in [7, 11) is 0. The van der Waals surface area contributed by atoms with Crippen molar-refractivity contribution in [2.45, 2.75) is 24.9 Å². The van der Waals surface area contributed by atoms with Crippen molar-refractivity contribution in [3.63, 3.8) is 0 Å². The van der Waals surface area contributed by atoms with Crippen molar-refractivity contribution in [1.82, 2.24) is 5.32 Å². The summed E-state index contributed by atoms with van der Waals surface area (Å²) < 4.78 is 0. The summed E-state index contributed by atoms with van der Waals surface area (Å²) in [5, 5.41) is 17.3. The molecule has 0 spiro atoms. The normalized spacial score (nSPS) is 14.0. The number of nitrogens with one attached hydrogen (secondary N) is 2. The zero-order chi connectivity index (χ0) is 19.8. The van der Waals surface area contributed by atoms with Gasteiger partial charge in [-0.25, -0.2) is 4.79 Å². The lowest BCUT2D eigenvalue weighted by molar-refractivity contribution is -0.146. The van der Waals surface area contributed by atoms with Crippen LogP contribution in [0.4, 0.5) is 5.69 Å². The van der Waals surface area contributed by atoms with Gasteiger partial charge in [0, 0.05) is 5.69 Å². The Labute approximate surface area is 166 Å². The van der Waals surface area contributed by atoms with Crippen molar-refractivity contribution in [2.24, 2.45) is 0 Å². The molecule has 1 unspecified atom stereocenters. The van der Waals surface area contributed by atoms with Crippen molar-refractivity contribution in [3.8, 4) is 0 Å².